The van der Waals surface area contributed by atoms with E-state index >= 15 is 0 Å². The number of aliphatic hydroxyl groups is 1. The molecule has 0 saturated carbocycles. The maximum atomic E-state index is 8.64. The zero-order valence-electron chi connectivity index (χ0n) is 10.2. The zero-order chi connectivity index (χ0) is 11.8. The molecule has 0 spiro atoms. The van der Waals surface area contributed by atoms with Gasteiger partial charge in [0.05, 0.1) is 6.54 Å². The summed E-state index contributed by atoms with van der Waals surface area (Å²) < 4.78 is 1.95. The first-order chi connectivity index (χ1) is 7.74. The van der Waals surface area contributed by atoms with Crippen LogP contribution >= 0.6 is 0 Å². The maximum absolute atomic E-state index is 8.64. The van der Waals surface area contributed by atoms with Crippen molar-refractivity contribution in [1.29, 1.82) is 0 Å². The Bertz CT molecular complexity index is 285. The lowest BCUT2D eigenvalue weighted by Gasteiger charge is -2.09. The van der Waals surface area contributed by atoms with Gasteiger partial charge in [-0.25, -0.2) is 9.67 Å². The van der Waals surface area contributed by atoms with Crippen LogP contribution in [0, 0.1) is 5.92 Å². The van der Waals surface area contributed by atoms with Gasteiger partial charge in [0.25, 0.3) is 0 Å². The van der Waals surface area contributed by atoms with Gasteiger partial charge >= 0.3 is 0 Å². The average molecular weight is 226 g/mol. The molecular weight excluding hydrogens is 204 g/mol. The summed E-state index contributed by atoms with van der Waals surface area (Å²) in [6.45, 7) is 7.17. The van der Waals surface area contributed by atoms with Crippen LogP contribution in [0.15, 0.2) is 6.33 Å². The summed E-state index contributed by atoms with van der Waals surface area (Å²) in [5.74, 6) is 1.56. The van der Waals surface area contributed by atoms with Gasteiger partial charge < -0.3 is 10.4 Å². The number of nitrogens with one attached hydrogen (secondary N) is 1. The number of aromatic nitrogens is 3. The molecule has 0 aliphatic heterocycles. The number of nitrogens with zero attached hydrogens (tertiary/aromatic N) is 3. The van der Waals surface area contributed by atoms with Gasteiger partial charge in [-0.2, -0.15) is 5.10 Å². The van der Waals surface area contributed by atoms with E-state index < -0.39 is 0 Å². The molecule has 5 nitrogen and oxygen atoms in total. The number of aliphatic hydroxyl groups excluding tert-OH is 1. The quantitative estimate of drug-likeness (QED) is 0.643. The molecule has 1 aromatic heterocycles. The highest BCUT2D eigenvalue weighted by molar-refractivity contribution is 4.83. The lowest BCUT2D eigenvalue weighted by molar-refractivity contribution is 0.283. The smallest absolute Gasteiger partial charge is 0.140 e. The van der Waals surface area contributed by atoms with E-state index in [2.05, 4.69) is 29.2 Å². The predicted octanol–water partition coefficient (Wildman–Crippen LogP) is 0.796. The third-order valence-corrected chi connectivity index (χ3v) is 2.28. The summed E-state index contributed by atoms with van der Waals surface area (Å²) in [7, 11) is 0. The van der Waals surface area contributed by atoms with Crippen molar-refractivity contribution < 1.29 is 5.11 Å². The molecule has 0 saturated heterocycles. The lowest BCUT2D eigenvalue weighted by Crippen LogP contribution is -2.20. The van der Waals surface area contributed by atoms with Crippen LogP contribution in [0.3, 0.4) is 0 Å². The third kappa shape index (κ3) is 4.72. The lowest BCUT2D eigenvalue weighted by atomic mass is 10.2. The fourth-order valence-corrected chi connectivity index (χ4v) is 1.49. The number of unbranched alkanes of at least 4 members (excludes halogenated alkanes) is 1. The topological polar surface area (TPSA) is 63.0 Å². The molecule has 0 radical (unpaired) electrons. The molecule has 1 rings (SSSR count). The molecule has 1 heterocycles. The second-order valence-electron chi connectivity index (χ2n) is 4.36. The molecule has 0 atom stereocenters. The van der Waals surface area contributed by atoms with Gasteiger partial charge in [0.1, 0.15) is 12.2 Å². The van der Waals surface area contributed by atoms with E-state index in [9.17, 15) is 0 Å². The SMILES string of the molecule is CC(C)Cn1ncnc1CNCCCCO. The van der Waals surface area contributed by atoms with E-state index in [-0.39, 0.29) is 6.61 Å². The van der Waals surface area contributed by atoms with Gasteiger partial charge in [-0.05, 0) is 25.3 Å². The summed E-state index contributed by atoms with van der Waals surface area (Å²) in [6.07, 6.45) is 3.45. The molecule has 16 heavy (non-hydrogen) atoms. The van der Waals surface area contributed by atoms with Gasteiger partial charge in [-0.15, -0.1) is 0 Å². The van der Waals surface area contributed by atoms with Crippen molar-refractivity contribution in [2.45, 2.75) is 39.8 Å². The minimum atomic E-state index is 0.269. The summed E-state index contributed by atoms with van der Waals surface area (Å²) in [4.78, 5) is 4.23. The fourth-order valence-electron chi connectivity index (χ4n) is 1.49. The van der Waals surface area contributed by atoms with Gasteiger partial charge in [0.15, 0.2) is 0 Å². The Balaban J connectivity index is 2.27. The van der Waals surface area contributed by atoms with Crippen LogP contribution in [-0.4, -0.2) is 33.0 Å². The van der Waals surface area contributed by atoms with Gasteiger partial charge in [-0.3, -0.25) is 0 Å². The van der Waals surface area contributed by atoms with E-state index in [1.807, 2.05) is 4.68 Å². The molecule has 2 N–H and O–H groups in total. The van der Waals surface area contributed by atoms with E-state index in [1.165, 1.54) is 0 Å². The van der Waals surface area contributed by atoms with Crippen molar-refractivity contribution in [3.8, 4) is 0 Å². The second-order valence-corrected chi connectivity index (χ2v) is 4.36. The van der Waals surface area contributed by atoms with Crippen LogP contribution in [-0.2, 0) is 13.1 Å². The summed E-state index contributed by atoms with van der Waals surface area (Å²) >= 11 is 0. The van der Waals surface area contributed by atoms with E-state index in [0.717, 1.165) is 38.3 Å². The monoisotopic (exact) mass is 226 g/mol. The minimum Gasteiger partial charge on any atom is -0.396 e. The average Bonchev–Trinajstić information content (AvgIpc) is 2.64. The molecule has 0 aliphatic carbocycles. The predicted molar refractivity (Wildman–Crippen MR) is 62.9 cm³/mol. The van der Waals surface area contributed by atoms with Crippen molar-refractivity contribution in [1.82, 2.24) is 20.1 Å². The van der Waals surface area contributed by atoms with Crippen molar-refractivity contribution in [3.05, 3.63) is 12.2 Å². The van der Waals surface area contributed by atoms with Crippen LogP contribution in [0.2, 0.25) is 0 Å². The fraction of sp³-hybridized carbons (Fsp3) is 0.818. The molecule has 1 aromatic rings. The number of hydrogen-bond acceptors (Lipinski definition) is 4. The van der Waals surface area contributed by atoms with Crippen LogP contribution < -0.4 is 5.32 Å². The van der Waals surface area contributed by atoms with E-state index in [0.29, 0.717) is 5.92 Å². The molecule has 5 heteroatoms. The van der Waals surface area contributed by atoms with Gasteiger partial charge in [0.2, 0.25) is 0 Å². The molecule has 92 valence electrons. The Labute approximate surface area is 96.9 Å². The summed E-state index contributed by atoms with van der Waals surface area (Å²) in [6, 6.07) is 0. The first-order valence-corrected chi connectivity index (χ1v) is 5.92. The molecule has 0 bridgehead atoms. The van der Waals surface area contributed by atoms with E-state index in [4.69, 9.17) is 5.11 Å². The van der Waals surface area contributed by atoms with Crippen molar-refractivity contribution in [3.63, 3.8) is 0 Å². The molecule has 0 unspecified atom stereocenters. The Morgan fingerprint density at radius 3 is 2.94 bits per heavy atom. The Morgan fingerprint density at radius 1 is 1.44 bits per heavy atom. The van der Waals surface area contributed by atoms with Crippen LogP contribution in [0.1, 0.15) is 32.5 Å². The zero-order valence-corrected chi connectivity index (χ0v) is 10.2. The standard InChI is InChI=1S/C11H22N4O/c1-10(2)8-15-11(13-9-14-15)7-12-5-3-4-6-16/h9-10,12,16H,3-8H2,1-2H3. The maximum Gasteiger partial charge on any atom is 0.140 e. The molecular formula is C11H22N4O. The van der Waals surface area contributed by atoms with Crippen LogP contribution in [0.25, 0.3) is 0 Å². The van der Waals surface area contributed by atoms with Gasteiger partial charge in [0, 0.05) is 13.2 Å². The Kier molecular flexibility index (Phi) is 6.03. The normalized spacial score (nSPS) is 11.2. The summed E-state index contributed by atoms with van der Waals surface area (Å²) in [5.41, 5.74) is 0. The van der Waals surface area contributed by atoms with Crippen molar-refractivity contribution >= 4 is 0 Å². The van der Waals surface area contributed by atoms with Gasteiger partial charge in [-0.1, -0.05) is 13.8 Å². The van der Waals surface area contributed by atoms with Crippen molar-refractivity contribution in [2.24, 2.45) is 5.92 Å². The largest absolute Gasteiger partial charge is 0.396 e. The van der Waals surface area contributed by atoms with Crippen LogP contribution in [0.4, 0.5) is 0 Å². The molecule has 0 amide bonds. The first kappa shape index (κ1) is 13.1. The molecule has 0 aromatic carbocycles. The first-order valence-electron chi connectivity index (χ1n) is 5.92. The second kappa shape index (κ2) is 7.35. The Morgan fingerprint density at radius 2 is 2.25 bits per heavy atom. The molecule has 0 aliphatic rings. The van der Waals surface area contributed by atoms with Crippen molar-refractivity contribution in [2.75, 3.05) is 13.2 Å². The van der Waals surface area contributed by atoms with Crippen LogP contribution in [0.5, 0.6) is 0 Å². The third-order valence-electron chi connectivity index (χ3n) is 2.28. The number of rotatable bonds is 8. The number of hydrogen-bond donors (Lipinski definition) is 2. The minimum absolute atomic E-state index is 0.269. The highest BCUT2D eigenvalue weighted by atomic mass is 16.2. The highest BCUT2D eigenvalue weighted by Crippen LogP contribution is 2.00. The summed E-state index contributed by atoms with van der Waals surface area (Å²) in [5, 5.41) is 16.1. The Hall–Kier alpha value is -0.940. The molecule has 0 fully saturated rings. The van der Waals surface area contributed by atoms with E-state index in [1.54, 1.807) is 6.33 Å². The highest BCUT2D eigenvalue weighted by Gasteiger charge is 2.04.